The molecule has 0 radical (unpaired) electrons. The van der Waals surface area contributed by atoms with E-state index in [4.69, 9.17) is 15.3 Å². The Kier molecular flexibility index (Phi) is 2.30. The summed E-state index contributed by atoms with van der Waals surface area (Å²) in [5.74, 6) is -1.39. The van der Waals surface area contributed by atoms with Crippen LogP contribution >= 0.6 is 0 Å². The molecule has 0 spiro atoms. The average molecular weight is 168 g/mol. The Morgan fingerprint density at radius 1 is 1.42 bits per heavy atom. The first kappa shape index (κ1) is 8.55. The summed E-state index contributed by atoms with van der Waals surface area (Å²) in [6.45, 7) is 0. The summed E-state index contributed by atoms with van der Waals surface area (Å²) in [7, 11) is 0. The van der Waals surface area contributed by atoms with E-state index in [0.717, 1.165) is 0 Å². The molecule has 0 aliphatic heterocycles. The lowest BCUT2D eigenvalue weighted by atomic mass is 10.1. The summed E-state index contributed by atoms with van der Waals surface area (Å²) in [5, 5.41) is 26.3. The SMILES string of the molecule is O=C(O)[C@H](O)c1cccc(O)c1. The molecular weight excluding hydrogens is 160 g/mol. The Labute approximate surface area is 68.7 Å². The second-order valence-electron chi connectivity index (χ2n) is 2.34. The Balaban J connectivity index is 2.95. The van der Waals surface area contributed by atoms with E-state index < -0.39 is 12.1 Å². The Morgan fingerprint density at radius 2 is 2.08 bits per heavy atom. The topological polar surface area (TPSA) is 77.8 Å². The number of aliphatic carboxylic acids is 1. The third-order valence-electron chi connectivity index (χ3n) is 1.42. The molecule has 0 saturated carbocycles. The van der Waals surface area contributed by atoms with Crippen LogP contribution in [0.4, 0.5) is 0 Å². The zero-order chi connectivity index (χ0) is 9.14. The lowest BCUT2D eigenvalue weighted by Gasteiger charge is -2.04. The van der Waals surface area contributed by atoms with Gasteiger partial charge in [0.2, 0.25) is 0 Å². The molecule has 1 rings (SSSR count). The number of rotatable bonds is 2. The first-order valence-electron chi connectivity index (χ1n) is 3.31. The van der Waals surface area contributed by atoms with Gasteiger partial charge in [0.1, 0.15) is 5.75 Å². The molecule has 0 saturated heterocycles. The highest BCUT2D eigenvalue weighted by Crippen LogP contribution is 2.17. The second kappa shape index (κ2) is 3.23. The van der Waals surface area contributed by atoms with Crippen LogP contribution in [0.15, 0.2) is 24.3 Å². The van der Waals surface area contributed by atoms with E-state index in [9.17, 15) is 4.79 Å². The molecule has 0 aliphatic rings. The minimum absolute atomic E-state index is 0.0622. The largest absolute Gasteiger partial charge is 0.508 e. The van der Waals surface area contributed by atoms with E-state index >= 15 is 0 Å². The van der Waals surface area contributed by atoms with Crippen molar-refractivity contribution in [1.82, 2.24) is 0 Å². The predicted octanol–water partition coefficient (Wildman–Crippen LogP) is 0.510. The maximum atomic E-state index is 10.3. The molecule has 0 aromatic heterocycles. The molecule has 0 fully saturated rings. The molecule has 4 heteroatoms. The summed E-state index contributed by atoms with van der Waals surface area (Å²) in [6.07, 6.45) is -1.57. The quantitative estimate of drug-likeness (QED) is 0.601. The monoisotopic (exact) mass is 168 g/mol. The Morgan fingerprint density at radius 3 is 2.58 bits per heavy atom. The number of aliphatic hydroxyl groups excluding tert-OH is 1. The number of phenols is 1. The molecular formula is C8H8O4. The molecule has 1 aromatic carbocycles. The highest BCUT2D eigenvalue weighted by molar-refractivity contribution is 5.74. The maximum absolute atomic E-state index is 10.3. The molecule has 12 heavy (non-hydrogen) atoms. The van der Waals surface area contributed by atoms with E-state index in [1.165, 1.54) is 24.3 Å². The van der Waals surface area contributed by atoms with E-state index in [2.05, 4.69) is 0 Å². The maximum Gasteiger partial charge on any atom is 0.337 e. The van der Waals surface area contributed by atoms with E-state index in [1.807, 2.05) is 0 Å². The zero-order valence-corrected chi connectivity index (χ0v) is 6.14. The van der Waals surface area contributed by atoms with Gasteiger partial charge in [-0.25, -0.2) is 4.79 Å². The van der Waals surface area contributed by atoms with Crippen molar-refractivity contribution in [3.05, 3.63) is 29.8 Å². The standard InChI is InChI=1S/C8H8O4/c9-6-3-1-2-5(4-6)7(10)8(11)12/h1-4,7,9-10H,(H,11,12)/t7-/m1/s1. The van der Waals surface area contributed by atoms with Crippen LogP contribution < -0.4 is 0 Å². The predicted molar refractivity (Wildman–Crippen MR) is 40.7 cm³/mol. The molecule has 1 atom stereocenters. The van der Waals surface area contributed by atoms with Gasteiger partial charge in [-0.3, -0.25) is 0 Å². The number of hydrogen-bond acceptors (Lipinski definition) is 3. The fourth-order valence-corrected chi connectivity index (χ4v) is 0.837. The summed E-state index contributed by atoms with van der Waals surface area (Å²) < 4.78 is 0. The van der Waals surface area contributed by atoms with Gasteiger partial charge in [-0.05, 0) is 17.7 Å². The Hall–Kier alpha value is -1.55. The van der Waals surface area contributed by atoms with Crippen LogP contribution in [0.3, 0.4) is 0 Å². The highest BCUT2D eigenvalue weighted by atomic mass is 16.4. The number of phenolic OH excluding ortho intramolecular Hbond substituents is 1. The molecule has 64 valence electrons. The number of benzene rings is 1. The summed E-state index contributed by atoms with van der Waals surface area (Å²) in [6, 6.07) is 5.51. The van der Waals surface area contributed by atoms with Crippen LogP contribution in [0.5, 0.6) is 5.75 Å². The number of carboxylic acids is 1. The normalized spacial score (nSPS) is 12.4. The number of aromatic hydroxyl groups is 1. The van der Waals surface area contributed by atoms with Gasteiger partial charge in [-0.2, -0.15) is 0 Å². The molecule has 1 aromatic rings. The first-order chi connectivity index (χ1) is 5.61. The minimum atomic E-state index is -1.57. The van der Waals surface area contributed by atoms with Crippen molar-refractivity contribution in [3.63, 3.8) is 0 Å². The number of carbonyl (C=O) groups is 1. The fraction of sp³-hybridized carbons (Fsp3) is 0.125. The van der Waals surface area contributed by atoms with Gasteiger partial charge in [0.05, 0.1) is 0 Å². The van der Waals surface area contributed by atoms with Crippen LogP contribution in [0.1, 0.15) is 11.7 Å². The van der Waals surface area contributed by atoms with Crippen molar-refractivity contribution in [2.45, 2.75) is 6.10 Å². The Bertz CT molecular complexity index is 295. The van der Waals surface area contributed by atoms with Crippen LogP contribution in [-0.2, 0) is 4.79 Å². The fourth-order valence-electron chi connectivity index (χ4n) is 0.837. The van der Waals surface area contributed by atoms with E-state index in [1.54, 1.807) is 0 Å². The van der Waals surface area contributed by atoms with Crippen LogP contribution in [-0.4, -0.2) is 21.3 Å². The summed E-state index contributed by atoms with van der Waals surface area (Å²) in [5.41, 5.74) is 0.169. The smallest absolute Gasteiger partial charge is 0.337 e. The van der Waals surface area contributed by atoms with Gasteiger partial charge in [0.15, 0.2) is 6.10 Å². The van der Waals surface area contributed by atoms with Crippen molar-refractivity contribution >= 4 is 5.97 Å². The van der Waals surface area contributed by atoms with Crippen LogP contribution in [0, 0.1) is 0 Å². The third kappa shape index (κ3) is 1.73. The lowest BCUT2D eigenvalue weighted by Crippen LogP contribution is -2.09. The van der Waals surface area contributed by atoms with Crippen molar-refractivity contribution < 1.29 is 20.1 Å². The number of aliphatic hydroxyl groups is 1. The lowest BCUT2D eigenvalue weighted by molar-refractivity contribution is -0.146. The van der Waals surface area contributed by atoms with Crippen molar-refractivity contribution in [2.75, 3.05) is 0 Å². The summed E-state index contributed by atoms with van der Waals surface area (Å²) >= 11 is 0. The van der Waals surface area contributed by atoms with Gasteiger partial charge in [-0.1, -0.05) is 12.1 Å². The molecule has 0 amide bonds. The minimum Gasteiger partial charge on any atom is -0.508 e. The zero-order valence-electron chi connectivity index (χ0n) is 6.14. The van der Waals surface area contributed by atoms with Crippen LogP contribution in [0.2, 0.25) is 0 Å². The molecule has 0 unspecified atom stereocenters. The number of hydrogen-bond donors (Lipinski definition) is 3. The van der Waals surface area contributed by atoms with Crippen molar-refractivity contribution in [1.29, 1.82) is 0 Å². The molecule has 0 bridgehead atoms. The van der Waals surface area contributed by atoms with Gasteiger partial charge in [-0.15, -0.1) is 0 Å². The number of carboxylic acid groups (broad SMARTS) is 1. The average Bonchev–Trinajstić information content (AvgIpc) is 2.03. The molecule has 0 heterocycles. The van der Waals surface area contributed by atoms with Gasteiger partial charge in [0.25, 0.3) is 0 Å². The van der Waals surface area contributed by atoms with E-state index in [-0.39, 0.29) is 11.3 Å². The highest BCUT2D eigenvalue weighted by Gasteiger charge is 2.15. The molecule has 0 aliphatic carbocycles. The molecule has 3 N–H and O–H groups in total. The van der Waals surface area contributed by atoms with Crippen molar-refractivity contribution in [3.8, 4) is 5.75 Å². The van der Waals surface area contributed by atoms with Crippen LogP contribution in [0.25, 0.3) is 0 Å². The molecule has 4 nitrogen and oxygen atoms in total. The van der Waals surface area contributed by atoms with Gasteiger partial charge in [0, 0.05) is 0 Å². The van der Waals surface area contributed by atoms with Gasteiger partial charge >= 0.3 is 5.97 Å². The first-order valence-corrected chi connectivity index (χ1v) is 3.31. The summed E-state index contributed by atoms with van der Waals surface area (Å²) in [4.78, 5) is 10.3. The van der Waals surface area contributed by atoms with Gasteiger partial charge < -0.3 is 15.3 Å². The third-order valence-corrected chi connectivity index (χ3v) is 1.42. The second-order valence-corrected chi connectivity index (χ2v) is 2.34. The van der Waals surface area contributed by atoms with E-state index in [0.29, 0.717) is 0 Å². The van der Waals surface area contributed by atoms with Crippen molar-refractivity contribution in [2.24, 2.45) is 0 Å².